The van der Waals surface area contributed by atoms with Crippen LogP contribution in [0.2, 0.25) is 0 Å². The van der Waals surface area contributed by atoms with Crippen LogP contribution in [0.15, 0.2) is 0 Å². The first-order chi connectivity index (χ1) is 15.6. The molecule has 0 aromatic carbocycles. The number of hydrogen-bond acceptors (Lipinski definition) is 3. The SMILES string of the molecule is [2H]C([2H])([2H])C([2H])(C)CCC[C@@H](C)[C@H]1CC[C@H]2[C@@H]3C[C@@H](O)[C@@]4(O)C[C@@H](O)CC[C@]4(C)[C@H]3CC[C@]12C. The zero-order valence-electron chi connectivity index (χ0n) is 23.7. The van der Waals surface area contributed by atoms with Crippen molar-refractivity contribution in [3.63, 3.8) is 0 Å². The molecule has 1 unspecified atom stereocenters. The molecule has 3 heteroatoms. The van der Waals surface area contributed by atoms with Gasteiger partial charge >= 0.3 is 0 Å². The van der Waals surface area contributed by atoms with Gasteiger partial charge in [0.05, 0.1) is 17.8 Å². The number of fused-ring (bicyclic) bond motifs is 5. The number of rotatable bonds is 5. The van der Waals surface area contributed by atoms with E-state index in [0.29, 0.717) is 55.3 Å². The van der Waals surface area contributed by atoms with Crippen LogP contribution < -0.4 is 0 Å². The molecule has 4 aliphatic rings. The first kappa shape index (κ1) is 18.3. The number of aliphatic hydroxyl groups is 3. The van der Waals surface area contributed by atoms with Gasteiger partial charge in [0.2, 0.25) is 0 Å². The second-order valence-corrected chi connectivity index (χ2v) is 12.2. The summed E-state index contributed by atoms with van der Waals surface area (Å²) in [5.41, 5.74) is -1.31. The summed E-state index contributed by atoms with van der Waals surface area (Å²) in [6.45, 7) is 6.26. The van der Waals surface area contributed by atoms with Crippen LogP contribution >= 0.6 is 0 Å². The highest BCUT2D eigenvalue weighted by Crippen LogP contribution is 2.69. The average molecular weight is 425 g/mol. The maximum atomic E-state index is 11.6. The highest BCUT2D eigenvalue weighted by molar-refractivity contribution is 5.17. The molecule has 0 aliphatic heterocycles. The Morgan fingerprint density at radius 3 is 2.53 bits per heavy atom. The molecule has 0 saturated heterocycles. The first-order valence-corrected chi connectivity index (χ1v) is 12.7. The van der Waals surface area contributed by atoms with Gasteiger partial charge < -0.3 is 15.3 Å². The number of hydrogen-bond donors (Lipinski definition) is 3. The summed E-state index contributed by atoms with van der Waals surface area (Å²) in [5, 5.41) is 33.1. The molecule has 30 heavy (non-hydrogen) atoms. The van der Waals surface area contributed by atoms with E-state index in [1.54, 1.807) is 6.92 Å². The highest BCUT2D eigenvalue weighted by atomic mass is 16.3. The Hall–Kier alpha value is -0.120. The van der Waals surface area contributed by atoms with Crippen molar-refractivity contribution in [2.24, 2.45) is 46.3 Å². The lowest BCUT2D eigenvalue weighted by Gasteiger charge is -2.65. The Balaban J connectivity index is 1.46. The fourth-order valence-electron chi connectivity index (χ4n) is 9.13. The molecule has 3 N–H and O–H groups in total. The van der Waals surface area contributed by atoms with E-state index >= 15 is 0 Å². The zero-order chi connectivity index (χ0) is 25.3. The minimum atomic E-state index is -2.24. The standard InChI is InChI=1S/C27H48O3/c1-17(2)7-6-8-18(3)21-9-10-22-20-15-24(29)27(30)16-19(28)11-14-26(27,5)23(20)12-13-25(21,22)4/h17-24,28-30H,6-16H2,1-5H3/t18-,19+,20+,21-,22+,23+,24-,25-,26-,27+/m1/s1/i1D3,17D/t17?,18-,19+,20+,21-,22+,23+,24-,25-,26-,27+. The molecule has 4 aliphatic carbocycles. The van der Waals surface area contributed by atoms with Gasteiger partial charge in [0.25, 0.3) is 0 Å². The van der Waals surface area contributed by atoms with Crippen molar-refractivity contribution in [2.75, 3.05) is 0 Å². The summed E-state index contributed by atoms with van der Waals surface area (Å²) >= 11 is 0. The van der Waals surface area contributed by atoms with Gasteiger partial charge in [0.15, 0.2) is 0 Å². The molecule has 0 heterocycles. The Morgan fingerprint density at radius 2 is 1.80 bits per heavy atom. The molecule has 4 fully saturated rings. The van der Waals surface area contributed by atoms with Gasteiger partial charge in [-0.2, -0.15) is 0 Å². The quantitative estimate of drug-likeness (QED) is 0.542. The normalized spacial score (nSPS) is 56.2. The van der Waals surface area contributed by atoms with Gasteiger partial charge in [-0.15, -0.1) is 0 Å². The van der Waals surface area contributed by atoms with Gasteiger partial charge in [0, 0.05) is 17.3 Å². The Bertz CT molecular complexity index is 757. The maximum Gasteiger partial charge on any atom is 0.0985 e. The third kappa shape index (κ3) is 3.41. The second kappa shape index (κ2) is 8.03. The average Bonchev–Trinajstić information content (AvgIpc) is 3.07. The highest BCUT2D eigenvalue weighted by Gasteiger charge is 2.67. The second-order valence-electron chi connectivity index (χ2n) is 12.2. The summed E-state index contributed by atoms with van der Waals surface area (Å²) in [7, 11) is 0. The Morgan fingerprint density at radius 1 is 1.03 bits per heavy atom. The topological polar surface area (TPSA) is 60.7 Å². The van der Waals surface area contributed by atoms with E-state index in [-0.39, 0.29) is 10.8 Å². The Labute approximate surface area is 190 Å². The van der Waals surface area contributed by atoms with E-state index in [2.05, 4.69) is 20.8 Å². The van der Waals surface area contributed by atoms with Gasteiger partial charge in [-0.3, -0.25) is 0 Å². The molecule has 174 valence electrons. The number of aliphatic hydroxyl groups excluding tert-OH is 2. The van der Waals surface area contributed by atoms with E-state index in [1.165, 1.54) is 12.8 Å². The van der Waals surface area contributed by atoms with Crippen molar-refractivity contribution in [3.8, 4) is 0 Å². The molecule has 3 nitrogen and oxygen atoms in total. The molecular formula is C27H48O3. The van der Waals surface area contributed by atoms with Gasteiger partial charge in [-0.1, -0.05) is 53.8 Å². The monoisotopic (exact) mass is 424 g/mol. The van der Waals surface area contributed by atoms with E-state index in [1.807, 2.05) is 0 Å². The van der Waals surface area contributed by atoms with E-state index in [9.17, 15) is 15.3 Å². The van der Waals surface area contributed by atoms with Crippen LogP contribution in [0.1, 0.15) is 111 Å². The Kier molecular flexibility index (Phi) is 4.90. The van der Waals surface area contributed by atoms with Crippen molar-refractivity contribution in [1.29, 1.82) is 0 Å². The summed E-state index contributed by atoms with van der Waals surface area (Å²) in [6, 6.07) is 0. The smallest absolute Gasteiger partial charge is 0.0985 e. The summed E-state index contributed by atoms with van der Waals surface area (Å²) in [5.74, 6) is 1.05. The molecule has 0 radical (unpaired) electrons. The van der Waals surface area contributed by atoms with Crippen LogP contribution in [0.5, 0.6) is 0 Å². The molecule has 0 amide bonds. The van der Waals surface area contributed by atoms with Crippen LogP contribution in [0.3, 0.4) is 0 Å². The summed E-state index contributed by atoms with van der Waals surface area (Å²) < 4.78 is 31.2. The maximum absolute atomic E-state index is 11.6. The predicted octanol–water partition coefficient (Wildman–Crippen LogP) is 5.55. The predicted molar refractivity (Wildman–Crippen MR) is 122 cm³/mol. The van der Waals surface area contributed by atoms with Crippen molar-refractivity contribution in [3.05, 3.63) is 0 Å². The minimum Gasteiger partial charge on any atom is -0.393 e. The van der Waals surface area contributed by atoms with Crippen molar-refractivity contribution in [1.82, 2.24) is 0 Å². The lowest BCUT2D eigenvalue weighted by molar-refractivity contribution is -0.264. The van der Waals surface area contributed by atoms with Crippen LogP contribution in [0.25, 0.3) is 0 Å². The van der Waals surface area contributed by atoms with Crippen molar-refractivity contribution < 1.29 is 20.8 Å². The fraction of sp³-hybridized carbons (Fsp3) is 1.00. The first-order valence-electron chi connectivity index (χ1n) is 14.7. The third-order valence-electron chi connectivity index (χ3n) is 10.8. The minimum absolute atomic E-state index is 0.217. The summed E-state index contributed by atoms with van der Waals surface area (Å²) in [6.07, 6.45) is 7.83. The van der Waals surface area contributed by atoms with Crippen LogP contribution in [-0.4, -0.2) is 33.1 Å². The lowest BCUT2D eigenvalue weighted by atomic mass is 9.42. The molecule has 11 atom stereocenters. The van der Waals surface area contributed by atoms with Crippen molar-refractivity contribution >= 4 is 0 Å². The molecule has 0 spiro atoms. The zero-order valence-corrected chi connectivity index (χ0v) is 19.7. The van der Waals surface area contributed by atoms with Crippen molar-refractivity contribution in [2.45, 2.75) is 123 Å². The van der Waals surface area contributed by atoms with E-state index in [0.717, 1.165) is 32.1 Å². The largest absolute Gasteiger partial charge is 0.393 e. The van der Waals surface area contributed by atoms with Crippen LogP contribution in [0.4, 0.5) is 0 Å². The van der Waals surface area contributed by atoms with Crippen LogP contribution in [0, 0.1) is 46.3 Å². The molecule has 0 aromatic rings. The molecule has 0 aromatic heterocycles. The van der Waals surface area contributed by atoms with E-state index < -0.39 is 30.6 Å². The van der Waals surface area contributed by atoms with Gasteiger partial charge in [-0.05, 0) is 85.8 Å². The molecule has 4 rings (SSSR count). The van der Waals surface area contributed by atoms with Gasteiger partial charge in [0.1, 0.15) is 0 Å². The molecule has 0 bridgehead atoms. The third-order valence-corrected chi connectivity index (χ3v) is 10.8. The fourth-order valence-corrected chi connectivity index (χ4v) is 9.13. The summed E-state index contributed by atoms with van der Waals surface area (Å²) in [4.78, 5) is 0. The van der Waals surface area contributed by atoms with Crippen LogP contribution in [-0.2, 0) is 0 Å². The van der Waals surface area contributed by atoms with Gasteiger partial charge in [-0.25, -0.2) is 0 Å². The lowest BCUT2D eigenvalue weighted by Crippen LogP contribution is -2.68. The molecule has 4 saturated carbocycles. The van der Waals surface area contributed by atoms with E-state index in [4.69, 9.17) is 5.48 Å². The molecular weight excluding hydrogens is 372 g/mol.